The maximum Gasteiger partial charge on any atom is 0.248 e. The zero-order chi connectivity index (χ0) is 12.5. The molecule has 0 aliphatic carbocycles. The number of nitrogens with zero attached hydrogens (tertiary/aromatic N) is 1. The summed E-state index contributed by atoms with van der Waals surface area (Å²) in [5, 5.41) is 3.49. The molecule has 1 amide bonds. The summed E-state index contributed by atoms with van der Waals surface area (Å²) in [6.45, 7) is 7.91. The third kappa shape index (κ3) is 5.50. The molecule has 0 bridgehead atoms. The van der Waals surface area contributed by atoms with Gasteiger partial charge in [0.2, 0.25) is 5.91 Å². The van der Waals surface area contributed by atoms with Gasteiger partial charge in [-0.2, -0.15) is 0 Å². The molecule has 4 heteroatoms. The smallest absolute Gasteiger partial charge is 0.248 e. The average molecular weight is 242 g/mol. The molecule has 0 aromatic carbocycles. The van der Waals surface area contributed by atoms with Gasteiger partial charge in [0.1, 0.15) is 6.61 Å². The quantitative estimate of drug-likeness (QED) is 0.686. The van der Waals surface area contributed by atoms with E-state index in [-0.39, 0.29) is 12.5 Å². The van der Waals surface area contributed by atoms with Crippen molar-refractivity contribution in [1.82, 2.24) is 10.2 Å². The summed E-state index contributed by atoms with van der Waals surface area (Å²) in [5.74, 6) is 0.140. The first-order chi connectivity index (χ1) is 8.27. The van der Waals surface area contributed by atoms with E-state index in [0.29, 0.717) is 12.6 Å². The van der Waals surface area contributed by atoms with Crippen LogP contribution in [-0.2, 0) is 9.53 Å². The van der Waals surface area contributed by atoms with Gasteiger partial charge in [-0.25, -0.2) is 0 Å². The molecule has 4 nitrogen and oxygen atoms in total. The fraction of sp³-hybridized carbons (Fsp3) is 0.923. The number of ether oxygens (including phenoxy) is 1. The first kappa shape index (κ1) is 14.5. The maximum absolute atomic E-state index is 11.9. The minimum Gasteiger partial charge on any atom is -0.372 e. The number of rotatable bonds is 7. The number of hydrogen-bond donors (Lipinski definition) is 1. The van der Waals surface area contributed by atoms with Crippen LogP contribution in [0.3, 0.4) is 0 Å². The highest BCUT2D eigenvalue weighted by Gasteiger charge is 2.22. The van der Waals surface area contributed by atoms with Crippen LogP contribution in [0.2, 0.25) is 0 Å². The average Bonchev–Trinajstić information content (AvgIpc) is 2.37. The van der Waals surface area contributed by atoms with Gasteiger partial charge < -0.3 is 15.0 Å². The standard InChI is InChI=1S/C13H26N2O2/c1-3-7-14-12-6-5-8-15(10-12)13(16)11-17-9-4-2/h12,14H,3-11H2,1-2H3. The molecule has 0 radical (unpaired) electrons. The van der Waals surface area contributed by atoms with Gasteiger partial charge >= 0.3 is 0 Å². The Morgan fingerprint density at radius 2 is 2.24 bits per heavy atom. The van der Waals surface area contributed by atoms with Crippen LogP contribution in [0.15, 0.2) is 0 Å². The molecule has 1 saturated heterocycles. The molecular formula is C13H26N2O2. The van der Waals surface area contributed by atoms with E-state index >= 15 is 0 Å². The molecule has 1 aliphatic heterocycles. The van der Waals surface area contributed by atoms with Crippen molar-refractivity contribution in [1.29, 1.82) is 0 Å². The van der Waals surface area contributed by atoms with Crippen LogP contribution in [0.5, 0.6) is 0 Å². The van der Waals surface area contributed by atoms with E-state index < -0.39 is 0 Å². The van der Waals surface area contributed by atoms with Crippen molar-refractivity contribution in [3.63, 3.8) is 0 Å². The molecule has 1 unspecified atom stereocenters. The van der Waals surface area contributed by atoms with Crippen molar-refractivity contribution in [3.05, 3.63) is 0 Å². The summed E-state index contributed by atoms with van der Waals surface area (Å²) in [4.78, 5) is 13.8. The van der Waals surface area contributed by atoms with Crippen LogP contribution in [-0.4, -0.2) is 49.7 Å². The SMILES string of the molecule is CCCNC1CCCN(C(=O)COCCC)C1. The Bertz CT molecular complexity index is 221. The Labute approximate surface area is 105 Å². The molecule has 0 saturated carbocycles. The number of amides is 1. The molecule has 1 N–H and O–H groups in total. The molecule has 1 rings (SSSR count). The van der Waals surface area contributed by atoms with Crippen LogP contribution in [0.1, 0.15) is 39.5 Å². The number of nitrogens with one attached hydrogen (secondary N) is 1. The highest BCUT2D eigenvalue weighted by atomic mass is 16.5. The molecule has 0 aromatic rings. The first-order valence-corrected chi connectivity index (χ1v) is 6.86. The molecule has 17 heavy (non-hydrogen) atoms. The lowest BCUT2D eigenvalue weighted by atomic mass is 10.1. The number of hydrogen-bond acceptors (Lipinski definition) is 3. The number of piperidine rings is 1. The van der Waals surface area contributed by atoms with Crippen molar-refractivity contribution < 1.29 is 9.53 Å². The largest absolute Gasteiger partial charge is 0.372 e. The van der Waals surface area contributed by atoms with Crippen LogP contribution < -0.4 is 5.32 Å². The Balaban J connectivity index is 2.25. The lowest BCUT2D eigenvalue weighted by molar-refractivity contribution is -0.137. The summed E-state index contributed by atoms with van der Waals surface area (Å²) in [5.41, 5.74) is 0. The Morgan fingerprint density at radius 3 is 2.94 bits per heavy atom. The summed E-state index contributed by atoms with van der Waals surface area (Å²) in [6.07, 6.45) is 4.39. The zero-order valence-electron chi connectivity index (χ0n) is 11.2. The lowest BCUT2D eigenvalue weighted by Crippen LogP contribution is -2.49. The second-order valence-electron chi connectivity index (χ2n) is 4.69. The van der Waals surface area contributed by atoms with Gasteiger partial charge in [-0.1, -0.05) is 13.8 Å². The van der Waals surface area contributed by atoms with Crippen LogP contribution in [0.25, 0.3) is 0 Å². The van der Waals surface area contributed by atoms with Crippen molar-refractivity contribution in [2.45, 2.75) is 45.6 Å². The third-order valence-corrected chi connectivity index (χ3v) is 3.03. The van der Waals surface area contributed by atoms with Crippen LogP contribution in [0, 0.1) is 0 Å². The van der Waals surface area contributed by atoms with E-state index in [4.69, 9.17) is 4.74 Å². The highest BCUT2D eigenvalue weighted by Crippen LogP contribution is 2.10. The van der Waals surface area contributed by atoms with E-state index in [9.17, 15) is 4.79 Å². The highest BCUT2D eigenvalue weighted by molar-refractivity contribution is 5.77. The number of carbonyl (C=O) groups is 1. The van der Waals surface area contributed by atoms with Gasteiger partial charge in [-0.05, 0) is 32.2 Å². The Morgan fingerprint density at radius 1 is 1.41 bits per heavy atom. The predicted octanol–water partition coefficient (Wildman–Crippen LogP) is 1.40. The summed E-state index contributed by atoms with van der Waals surface area (Å²) in [6, 6.07) is 0.471. The monoisotopic (exact) mass is 242 g/mol. The first-order valence-electron chi connectivity index (χ1n) is 6.86. The van der Waals surface area contributed by atoms with E-state index in [0.717, 1.165) is 38.9 Å². The van der Waals surface area contributed by atoms with Crippen LogP contribution >= 0.6 is 0 Å². The normalized spacial score (nSPS) is 20.6. The summed E-state index contributed by atoms with van der Waals surface area (Å²) < 4.78 is 5.30. The topological polar surface area (TPSA) is 41.6 Å². The second kappa shape index (κ2) is 8.48. The Kier molecular flexibility index (Phi) is 7.21. The predicted molar refractivity (Wildman–Crippen MR) is 69.0 cm³/mol. The fourth-order valence-electron chi connectivity index (χ4n) is 2.11. The van der Waals surface area contributed by atoms with Crippen LogP contribution in [0.4, 0.5) is 0 Å². The summed E-state index contributed by atoms with van der Waals surface area (Å²) in [7, 11) is 0. The van der Waals surface area contributed by atoms with Gasteiger partial charge in [-0.3, -0.25) is 4.79 Å². The minimum absolute atomic E-state index is 0.140. The molecule has 0 aromatic heterocycles. The van der Waals surface area contributed by atoms with E-state index in [1.54, 1.807) is 0 Å². The maximum atomic E-state index is 11.9. The number of likely N-dealkylation sites (tertiary alicyclic amines) is 1. The van der Waals surface area contributed by atoms with Crippen molar-refractivity contribution in [2.75, 3.05) is 32.8 Å². The van der Waals surface area contributed by atoms with Gasteiger partial charge in [-0.15, -0.1) is 0 Å². The van der Waals surface area contributed by atoms with Crippen molar-refractivity contribution in [2.24, 2.45) is 0 Å². The van der Waals surface area contributed by atoms with Gasteiger partial charge in [0, 0.05) is 25.7 Å². The molecule has 0 spiro atoms. The molecule has 1 heterocycles. The fourth-order valence-corrected chi connectivity index (χ4v) is 2.11. The molecule has 1 atom stereocenters. The zero-order valence-corrected chi connectivity index (χ0v) is 11.2. The minimum atomic E-state index is 0.140. The molecule has 100 valence electrons. The number of carbonyl (C=O) groups excluding carboxylic acids is 1. The Hall–Kier alpha value is -0.610. The van der Waals surface area contributed by atoms with Gasteiger partial charge in [0.25, 0.3) is 0 Å². The van der Waals surface area contributed by atoms with E-state index in [1.165, 1.54) is 6.42 Å². The van der Waals surface area contributed by atoms with Gasteiger partial charge in [0.05, 0.1) is 0 Å². The second-order valence-corrected chi connectivity index (χ2v) is 4.69. The third-order valence-electron chi connectivity index (χ3n) is 3.03. The molecular weight excluding hydrogens is 216 g/mol. The molecule has 1 fully saturated rings. The van der Waals surface area contributed by atoms with E-state index in [2.05, 4.69) is 19.2 Å². The van der Waals surface area contributed by atoms with E-state index in [1.807, 2.05) is 4.90 Å². The van der Waals surface area contributed by atoms with Crippen molar-refractivity contribution >= 4 is 5.91 Å². The lowest BCUT2D eigenvalue weighted by Gasteiger charge is -2.33. The summed E-state index contributed by atoms with van der Waals surface area (Å²) >= 11 is 0. The van der Waals surface area contributed by atoms with Gasteiger partial charge in [0.15, 0.2) is 0 Å². The van der Waals surface area contributed by atoms with Crippen molar-refractivity contribution in [3.8, 4) is 0 Å². The molecule has 1 aliphatic rings.